The highest BCUT2D eigenvalue weighted by molar-refractivity contribution is 6.32. The van der Waals surface area contributed by atoms with Gasteiger partial charge in [-0.25, -0.2) is 4.79 Å². The van der Waals surface area contributed by atoms with Gasteiger partial charge in [0.1, 0.15) is 11.8 Å². The summed E-state index contributed by atoms with van der Waals surface area (Å²) in [6, 6.07) is 5.85. The molecule has 0 heterocycles. The van der Waals surface area contributed by atoms with Gasteiger partial charge in [0.15, 0.2) is 6.10 Å². The van der Waals surface area contributed by atoms with Crippen LogP contribution in [0.3, 0.4) is 0 Å². The number of halogens is 1. The molecular weight excluding hydrogens is 306 g/mol. The van der Waals surface area contributed by atoms with E-state index >= 15 is 0 Å². The molecule has 2 unspecified atom stereocenters. The fourth-order valence-corrected chi connectivity index (χ4v) is 1.95. The van der Waals surface area contributed by atoms with E-state index in [1.165, 1.54) is 0 Å². The average molecular weight is 326 g/mol. The number of amides is 1. The minimum absolute atomic E-state index is 0.222. The Morgan fingerprint density at radius 2 is 2.09 bits per heavy atom. The SMILES string of the molecule is C/C=C/CC(NC(=O)C(CC)Oc1ccccc1Cl)C(=O)O. The molecule has 0 saturated carbocycles. The van der Waals surface area contributed by atoms with Gasteiger partial charge >= 0.3 is 5.97 Å². The number of carbonyl (C=O) groups excluding carboxylic acids is 1. The quantitative estimate of drug-likeness (QED) is 0.720. The van der Waals surface area contributed by atoms with E-state index in [1.54, 1.807) is 50.3 Å². The lowest BCUT2D eigenvalue weighted by Gasteiger charge is -2.20. The van der Waals surface area contributed by atoms with Crippen molar-refractivity contribution in [3.8, 4) is 5.75 Å². The maximum absolute atomic E-state index is 12.2. The minimum Gasteiger partial charge on any atom is -0.480 e. The Balaban J connectivity index is 2.75. The third-order valence-corrected chi connectivity index (χ3v) is 3.30. The van der Waals surface area contributed by atoms with Crippen LogP contribution in [0, 0.1) is 0 Å². The van der Waals surface area contributed by atoms with Crippen LogP contribution in [0.4, 0.5) is 0 Å². The van der Waals surface area contributed by atoms with Gasteiger partial charge in [0.2, 0.25) is 0 Å². The van der Waals surface area contributed by atoms with Crippen LogP contribution in [0.1, 0.15) is 26.7 Å². The maximum atomic E-state index is 12.2. The van der Waals surface area contributed by atoms with Crippen LogP contribution >= 0.6 is 11.6 Å². The molecule has 22 heavy (non-hydrogen) atoms. The van der Waals surface area contributed by atoms with Gasteiger partial charge in [-0.1, -0.05) is 42.8 Å². The van der Waals surface area contributed by atoms with Gasteiger partial charge in [-0.3, -0.25) is 4.79 Å². The Kier molecular flexibility index (Phi) is 7.46. The van der Waals surface area contributed by atoms with E-state index in [1.807, 2.05) is 0 Å². The van der Waals surface area contributed by atoms with Gasteiger partial charge in [-0.15, -0.1) is 0 Å². The van der Waals surface area contributed by atoms with Gasteiger partial charge in [-0.2, -0.15) is 0 Å². The van der Waals surface area contributed by atoms with E-state index in [-0.39, 0.29) is 6.42 Å². The molecule has 0 aromatic heterocycles. The van der Waals surface area contributed by atoms with Crippen LogP contribution in [-0.2, 0) is 9.59 Å². The summed E-state index contributed by atoms with van der Waals surface area (Å²) >= 11 is 5.99. The lowest BCUT2D eigenvalue weighted by atomic mass is 10.1. The first-order valence-electron chi connectivity index (χ1n) is 7.05. The molecule has 0 fully saturated rings. The van der Waals surface area contributed by atoms with Gasteiger partial charge < -0.3 is 15.2 Å². The van der Waals surface area contributed by atoms with Crippen molar-refractivity contribution in [2.75, 3.05) is 0 Å². The molecule has 0 spiro atoms. The van der Waals surface area contributed by atoms with Crippen LogP contribution in [0.15, 0.2) is 36.4 Å². The Morgan fingerprint density at radius 1 is 1.41 bits per heavy atom. The predicted molar refractivity (Wildman–Crippen MR) is 85.2 cm³/mol. The number of carboxylic acids is 1. The number of para-hydroxylation sites is 1. The first kappa shape index (κ1) is 18.0. The zero-order chi connectivity index (χ0) is 16.5. The molecule has 120 valence electrons. The van der Waals surface area contributed by atoms with Crippen molar-refractivity contribution in [3.05, 3.63) is 41.4 Å². The van der Waals surface area contributed by atoms with E-state index in [0.717, 1.165) is 0 Å². The molecule has 0 radical (unpaired) electrons. The number of benzene rings is 1. The summed E-state index contributed by atoms with van der Waals surface area (Å²) in [6.07, 6.45) is 3.24. The van der Waals surface area contributed by atoms with Crippen molar-refractivity contribution in [2.45, 2.75) is 38.8 Å². The molecule has 0 saturated heterocycles. The number of carboxylic acid groups (broad SMARTS) is 1. The van der Waals surface area contributed by atoms with Crippen molar-refractivity contribution in [1.82, 2.24) is 5.32 Å². The smallest absolute Gasteiger partial charge is 0.326 e. The first-order chi connectivity index (χ1) is 10.5. The van der Waals surface area contributed by atoms with Crippen molar-refractivity contribution in [3.63, 3.8) is 0 Å². The third-order valence-electron chi connectivity index (χ3n) is 2.99. The summed E-state index contributed by atoms with van der Waals surface area (Å²) in [6.45, 7) is 3.57. The summed E-state index contributed by atoms with van der Waals surface area (Å²) in [5, 5.41) is 12.0. The monoisotopic (exact) mass is 325 g/mol. The van der Waals surface area contributed by atoms with Crippen molar-refractivity contribution >= 4 is 23.5 Å². The van der Waals surface area contributed by atoms with Crippen molar-refractivity contribution < 1.29 is 19.4 Å². The molecule has 5 nitrogen and oxygen atoms in total. The fourth-order valence-electron chi connectivity index (χ4n) is 1.77. The average Bonchev–Trinajstić information content (AvgIpc) is 2.50. The summed E-state index contributed by atoms with van der Waals surface area (Å²) < 4.78 is 5.59. The maximum Gasteiger partial charge on any atom is 0.326 e. The van der Waals surface area contributed by atoms with E-state index in [9.17, 15) is 9.59 Å². The van der Waals surface area contributed by atoms with Crippen LogP contribution in [-0.4, -0.2) is 29.1 Å². The van der Waals surface area contributed by atoms with Gasteiger partial charge in [0.25, 0.3) is 5.91 Å². The molecule has 1 rings (SSSR count). The number of aliphatic carboxylic acids is 1. The number of rotatable bonds is 8. The molecule has 2 N–H and O–H groups in total. The lowest BCUT2D eigenvalue weighted by molar-refractivity contribution is -0.143. The van der Waals surface area contributed by atoms with Gasteiger partial charge in [0, 0.05) is 0 Å². The Bertz CT molecular complexity index is 545. The lowest BCUT2D eigenvalue weighted by Crippen LogP contribution is -2.46. The number of carbonyl (C=O) groups is 2. The summed E-state index contributed by atoms with van der Waals surface area (Å²) in [5.74, 6) is -1.16. The molecular formula is C16H20ClNO4. The molecule has 0 aliphatic rings. The Labute approximate surface area is 134 Å². The second kappa shape index (κ2) is 9.10. The number of hydrogen-bond donors (Lipinski definition) is 2. The van der Waals surface area contributed by atoms with E-state index in [4.69, 9.17) is 21.4 Å². The molecule has 2 atom stereocenters. The number of hydrogen-bond acceptors (Lipinski definition) is 3. The number of allylic oxidation sites excluding steroid dienone is 1. The first-order valence-corrected chi connectivity index (χ1v) is 7.42. The molecule has 6 heteroatoms. The molecule has 1 aromatic carbocycles. The predicted octanol–water partition coefficient (Wildman–Crippen LogP) is 3.03. The molecule has 1 amide bonds. The summed E-state index contributed by atoms with van der Waals surface area (Å²) in [7, 11) is 0. The van der Waals surface area contributed by atoms with E-state index < -0.39 is 24.0 Å². The standard InChI is InChI=1S/C16H20ClNO4/c1-3-5-9-12(16(20)21)18-15(19)13(4-2)22-14-10-7-6-8-11(14)17/h3,5-8,10,12-13H,4,9H2,1-2H3,(H,18,19)(H,20,21)/b5-3+. The Hall–Kier alpha value is -2.01. The van der Waals surface area contributed by atoms with Crippen LogP contribution in [0.5, 0.6) is 5.75 Å². The van der Waals surface area contributed by atoms with Gasteiger partial charge in [0.05, 0.1) is 5.02 Å². The number of ether oxygens (including phenoxy) is 1. The third kappa shape index (κ3) is 5.41. The minimum atomic E-state index is -1.08. The van der Waals surface area contributed by atoms with Crippen LogP contribution in [0.2, 0.25) is 5.02 Å². The molecule has 0 aliphatic heterocycles. The highest BCUT2D eigenvalue weighted by atomic mass is 35.5. The highest BCUT2D eigenvalue weighted by Crippen LogP contribution is 2.24. The topological polar surface area (TPSA) is 75.6 Å². The van der Waals surface area contributed by atoms with Crippen molar-refractivity contribution in [2.24, 2.45) is 0 Å². The fraction of sp³-hybridized carbons (Fsp3) is 0.375. The van der Waals surface area contributed by atoms with E-state index in [0.29, 0.717) is 17.2 Å². The largest absolute Gasteiger partial charge is 0.480 e. The van der Waals surface area contributed by atoms with E-state index in [2.05, 4.69) is 5.32 Å². The van der Waals surface area contributed by atoms with Crippen LogP contribution < -0.4 is 10.1 Å². The van der Waals surface area contributed by atoms with Gasteiger partial charge in [-0.05, 0) is 31.9 Å². The second-order valence-electron chi connectivity index (χ2n) is 4.65. The molecule has 1 aromatic rings. The zero-order valence-corrected chi connectivity index (χ0v) is 13.3. The number of nitrogens with one attached hydrogen (secondary N) is 1. The van der Waals surface area contributed by atoms with Crippen LogP contribution in [0.25, 0.3) is 0 Å². The second-order valence-corrected chi connectivity index (χ2v) is 5.06. The normalized spacial score (nSPS) is 13.6. The summed E-state index contributed by atoms with van der Waals surface area (Å²) in [5.41, 5.74) is 0. The highest BCUT2D eigenvalue weighted by Gasteiger charge is 2.25. The van der Waals surface area contributed by atoms with Crippen molar-refractivity contribution in [1.29, 1.82) is 0 Å². The molecule has 0 aliphatic carbocycles. The zero-order valence-electron chi connectivity index (χ0n) is 12.6. The Morgan fingerprint density at radius 3 is 2.64 bits per heavy atom. The summed E-state index contributed by atoms with van der Waals surface area (Å²) in [4.78, 5) is 23.4. The molecule has 0 bridgehead atoms.